The molecule has 1 amide bonds. The van der Waals surface area contributed by atoms with Gasteiger partial charge in [-0.2, -0.15) is 0 Å². The van der Waals surface area contributed by atoms with Gasteiger partial charge < -0.3 is 19.9 Å². The van der Waals surface area contributed by atoms with Crippen molar-refractivity contribution in [2.75, 3.05) is 0 Å². The Balaban J connectivity index is 1.47. The van der Waals surface area contributed by atoms with E-state index in [1.807, 2.05) is 12.2 Å². The van der Waals surface area contributed by atoms with Crippen molar-refractivity contribution in [3.63, 3.8) is 0 Å². The van der Waals surface area contributed by atoms with Gasteiger partial charge in [0.05, 0.1) is 6.04 Å². The van der Waals surface area contributed by atoms with Crippen molar-refractivity contribution in [2.24, 2.45) is 5.92 Å². The molecule has 3 aliphatic rings. The fraction of sp³-hybridized carbons (Fsp3) is 0.667. The predicted octanol–water partition coefficient (Wildman–Crippen LogP) is 0.539. The van der Waals surface area contributed by atoms with Crippen molar-refractivity contribution < 1.29 is 19.4 Å². The topological polar surface area (TPSA) is 74.4 Å². The number of hydrogen-bond donors (Lipinski definition) is 2. The van der Waals surface area contributed by atoms with Crippen LogP contribution in [0.3, 0.4) is 0 Å². The van der Waals surface area contributed by atoms with Gasteiger partial charge in [0.1, 0.15) is 30.5 Å². The fourth-order valence-corrected chi connectivity index (χ4v) is 2.72. The molecule has 20 heavy (non-hydrogen) atoms. The van der Waals surface area contributed by atoms with Crippen LogP contribution in [0.4, 0.5) is 0 Å². The summed E-state index contributed by atoms with van der Waals surface area (Å²) in [6.07, 6.45) is 7.25. The van der Waals surface area contributed by atoms with Gasteiger partial charge in [0.15, 0.2) is 0 Å². The normalized spacial score (nSPS) is 41.8. The number of rotatable bonds is 5. The quantitative estimate of drug-likeness (QED) is 0.437. The molecule has 1 aliphatic carbocycles. The van der Waals surface area contributed by atoms with Gasteiger partial charge in [-0.05, 0) is 12.3 Å². The van der Waals surface area contributed by atoms with Crippen LogP contribution in [0.15, 0.2) is 24.3 Å². The Morgan fingerprint density at radius 3 is 2.65 bits per heavy atom. The lowest BCUT2D eigenvalue weighted by Gasteiger charge is -2.22. The van der Waals surface area contributed by atoms with Crippen molar-refractivity contribution in [1.29, 1.82) is 0 Å². The third kappa shape index (κ3) is 2.80. The first-order valence-electron chi connectivity index (χ1n) is 7.20. The highest BCUT2D eigenvalue weighted by Crippen LogP contribution is 2.48. The zero-order valence-corrected chi connectivity index (χ0v) is 11.7. The van der Waals surface area contributed by atoms with Gasteiger partial charge >= 0.3 is 0 Å². The molecule has 5 nitrogen and oxygen atoms in total. The van der Waals surface area contributed by atoms with Crippen LogP contribution >= 0.6 is 0 Å². The lowest BCUT2D eigenvalue weighted by Crippen LogP contribution is -2.52. The monoisotopic (exact) mass is 279 g/mol. The molecule has 2 N–H and O–H groups in total. The van der Waals surface area contributed by atoms with Gasteiger partial charge in [0, 0.05) is 6.08 Å². The van der Waals surface area contributed by atoms with Gasteiger partial charge in [-0.3, -0.25) is 4.79 Å². The predicted molar refractivity (Wildman–Crippen MR) is 73.0 cm³/mol. The summed E-state index contributed by atoms with van der Waals surface area (Å²) in [5.74, 6) is 0.401. The number of carbonyl (C=O) groups excluding carboxylic acids is 1. The molecule has 0 aromatic rings. The second-order valence-electron chi connectivity index (χ2n) is 6.07. The van der Waals surface area contributed by atoms with E-state index < -0.39 is 6.10 Å². The third-order valence-electron chi connectivity index (χ3n) is 3.92. The van der Waals surface area contributed by atoms with E-state index in [1.165, 1.54) is 6.08 Å². The minimum Gasteiger partial charge on any atom is -0.388 e. The molecule has 1 saturated carbocycles. The van der Waals surface area contributed by atoms with Crippen LogP contribution in [0.5, 0.6) is 0 Å². The molecule has 0 aromatic heterocycles. The van der Waals surface area contributed by atoms with E-state index in [2.05, 4.69) is 19.2 Å². The lowest BCUT2D eigenvalue weighted by atomic mass is 9.92. The Bertz CT molecular complexity index is 445. The van der Waals surface area contributed by atoms with Crippen LogP contribution in [0.2, 0.25) is 0 Å². The summed E-state index contributed by atoms with van der Waals surface area (Å²) in [5.41, 5.74) is 0. The molecule has 0 aromatic carbocycles. The Morgan fingerprint density at radius 1 is 1.20 bits per heavy atom. The zero-order chi connectivity index (χ0) is 14.3. The molecule has 3 fully saturated rings. The number of aliphatic hydroxyl groups excluding tert-OH is 1. The van der Waals surface area contributed by atoms with Gasteiger partial charge in [-0.25, -0.2) is 0 Å². The fourth-order valence-electron chi connectivity index (χ4n) is 2.72. The standard InChI is InChI=1S/C15H21NO4/c1-8(2)6-4-3-5-7-9(17)16-10-11(18)13-15(20-13)14-12(10)19-14/h3-5,7-8,10-15,18H,6H2,1-2H3,(H,16,17)/b4-3+,7-5+/t10-,11-,12-,13+,14-,15+/m0/s1. The largest absolute Gasteiger partial charge is 0.388 e. The number of hydrogen-bond acceptors (Lipinski definition) is 4. The molecule has 2 aliphatic heterocycles. The summed E-state index contributed by atoms with van der Waals surface area (Å²) in [7, 11) is 0. The van der Waals surface area contributed by atoms with Crippen molar-refractivity contribution in [2.45, 2.75) is 56.8 Å². The highest BCUT2D eigenvalue weighted by molar-refractivity contribution is 5.88. The number of epoxide rings is 2. The van der Waals surface area contributed by atoms with Crippen molar-refractivity contribution in [3.05, 3.63) is 24.3 Å². The Labute approximate surface area is 118 Å². The Morgan fingerprint density at radius 2 is 1.90 bits per heavy atom. The highest BCUT2D eigenvalue weighted by Gasteiger charge is 2.69. The summed E-state index contributed by atoms with van der Waals surface area (Å²) < 4.78 is 10.8. The maximum atomic E-state index is 11.8. The second kappa shape index (κ2) is 5.31. The maximum Gasteiger partial charge on any atom is 0.244 e. The number of carbonyl (C=O) groups is 1. The zero-order valence-electron chi connectivity index (χ0n) is 11.7. The second-order valence-corrected chi connectivity index (χ2v) is 6.07. The van der Waals surface area contributed by atoms with Gasteiger partial charge in [-0.15, -0.1) is 0 Å². The van der Waals surface area contributed by atoms with Gasteiger partial charge in [0.2, 0.25) is 5.91 Å². The number of fused-ring (bicyclic) bond motifs is 3. The van der Waals surface area contributed by atoms with Crippen molar-refractivity contribution >= 4 is 5.91 Å². The van der Waals surface area contributed by atoms with Gasteiger partial charge in [-0.1, -0.05) is 32.1 Å². The van der Waals surface area contributed by atoms with E-state index in [1.54, 1.807) is 6.08 Å². The lowest BCUT2D eigenvalue weighted by molar-refractivity contribution is -0.118. The van der Waals surface area contributed by atoms with Crippen molar-refractivity contribution in [3.8, 4) is 0 Å². The summed E-state index contributed by atoms with van der Waals surface area (Å²) in [6.45, 7) is 4.29. The van der Waals surface area contributed by atoms with Crippen LogP contribution in [0, 0.1) is 5.92 Å². The smallest absolute Gasteiger partial charge is 0.244 e. The molecule has 2 saturated heterocycles. The summed E-state index contributed by atoms with van der Waals surface area (Å²) in [6, 6.07) is -0.361. The SMILES string of the molecule is CC(C)C/C=C/C=C/C(=O)N[C@H]1[C@H](O)[C@H]2O[C@H]2[C@H]2O[C@@H]12. The molecule has 2 heterocycles. The van der Waals surface area contributed by atoms with E-state index in [4.69, 9.17) is 9.47 Å². The molecule has 6 atom stereocenters. The first-order chi connectivity index (χ1) is 9.58. The third-order valence-corrected chi connectivity index (χ3v) is 3.92. The van der Waals surface area contributed by atoms with E-state index in [0.717, 1.165) is 6.42 Å². The average molecular weight is 279 g/mol. The number of amides is 1. The molecule has 0 spiro atoms. The Kier molecular flexibility index (Phi) is 3.67. The molecule has 0 unspecified atom stereocenters. The molecule has 5 heteroatoms. The number of allylic oxidation sites excluding steroid dienone is 3. The van der Waals surface area contributed by atoms with Gasteiger partial charge in [0.25, 0.3) is 0 Å². The highest BCUT2D eigenvalue weighted by atomic mass is 16.7. The molecule has 0 bridgehead atoms. The van der Waals surface area contributed by atoms with E-state index in [-0.39, 0.29) is 36.4 Å². The van der Waals surface area contributed by atoms with E-state index in [0.29, 0.717) is 5.92 Å². The minimum atomic E-state index is -0.669. The summed E-state index contributed by atoms with van der Waals surface area (Å²) >= 11 is 0. The van der Waals surface area contributed by atoms with Crippen molar-refractivity contribution in [1.82, 2.24) is 5.32 Å². The average Bonchev–Trinajstić information content (AvgIpc) is 3.23. The first kappa shape index (κ1) is 13.8. The minimum absolute atomic E-state index is 0.0395. The number of ether oxygens (including phenoxy) is 2. The van der Waals surface area contributed by atoms with Crippen LogP contribution < -0.4 is 5.32 Å². The summed E-state index contributed by atoms with van der Waals surface area (Å²) in [5, 5.41) is 12.8. The molecule has 0 radical (unpaired) electrons. The van der Waals surface area contributed by atoms with Crippen LogP contribution in [0.25, 0.3) is 0 Å². The molecular formula is C15H21NO4. The van der Waals surface area contributed by atoms with Crippen LogP contribution in [-0.2, 0) is 14.3 Å². The molecule has 110 valence electrons. The number of aliphatic hydroxyl groups is 1. The maximum absolute atomic E-state index is 11.8. The van der Waals surface area contributed by atoms with Crippen LogP contribution in [-0.4, -0.2) is 47.6 Å². The van der Waals surface area contributed by atoms with Crippen LogP contribution in [0.1, 0.15) is 20.3 Å². The molecular weight excluding hydrogens is 258 g/mol. The van der Waals surface area contributed by atoms with E-state index in [9.17, 15) is 9.90 Å². The number of nitrogens with one attached hydrogen (secondary N) is 1. The molecule has 3 rings (SSSR count). The Hall–Kier alpha value is -1.17. The van der Waals surface area contributed by atoms with E-state index >= 15 is 0 Å². The summed E-state index contributed by atoms with van der Waals surface area (Å²) in [4.78, 5) is 11.8. The first-order valence-corrected chi connectivity index (χ1v) is 7.20.